The molecule has 0 spiro atoms. The van der Waals surface area contributed by atoms with Crippen LogP contribution < -0.4 is 10.6 Å². The Balaban J connectivity index is 0.00000300. The van der Waals surface area contributed by atoms with Crippen molar-refractivity contribution in [1.82, 2.24) is 0 Å². The van der Waals surface area contributed by atoms with Gasteiger partial charge in [-0.2, -0.15) is 0 Å². The molecule has 0 saturated heterocycles. The molecule has 7 heteroatoms. The second-order valence-corrected chi connectivity index (χ2v) is 6.54. The second-order valence-electron chi connectivity index (χ2n) is 6.54. The van der Waals surface area contributed by atoms with E-state index in [0.717, 1.165) is 22.4 Å². The number of nitrogens with two attached hydrogens (primary N) is 1. The molecule has 1 heterocycles. The largest absolute Gasteiger partial charge is 0.498 e. The molecule has 1 aliphatic heterocycles. The number of benzene rings is 2. The second kappa shape index (κ2) is 10.1. The average molecular weight is 417 g/mol. The van der Waals surface area contributed by atoms with Crippen LogP contribution in [0.4, 0.5) is 5.69 Å². The van der Waals surface area contributed by atoms with Gasteiger partial charge in [0, 0.05) is 18.7 Å². The van der Waals surface area contributed by atoms with E-state index < -0.39 is 0 Å². The first-order chi connectivity index (χ1) is 13.6. The molecule has 29 heavy (non-hydrogen) atoms. The van der Waals surface area contributed by atoms with E-state index in [9.17, 15) is 9.59 Å². The van der Waals surface area contributed by atoms with Crippen LogP contribution in [-0.2, 0) is 32.0 Å². The van der Waals surface area contributed by atoms with Crippen molar-refractivity contribution in [3.8, 4) is 0 Å². The molecule has 6 nitrogen and oxygen atoms in total. The minimum atomic E-state index is -0.240. The summed E-state index contributed by atoms with van der Waals surface area (Å²) in [7, 11) is 2.96. The highest BCUT2D eigenvalue weighted by atomic mass is 35.5. The van der Waals surface area contributed by atoms with Crippen molar-refractivity contribution < 1.29 is 19.1 Å². The molecule has 2 aromatic rings. The van der Waals surface area contributed by atoms with Crippen LogP contribution in [0.2, 0.25) is 0 Å². The summed E-state index contributed by atoms with van der Waals surface area (Å²) in [6.07, 6.45) is 0.921. The van der Waals surface area contributed by atoms with Crippen molar-refractivity contribution in [2.24, 2.45) is 5.73 Å². The molecule has 154 valence electrons. The standard InChI is InChI=1S/C22H24N2O4.ClH/c1-27-19-14-24(18-10-5-16(13-23)6-11-18)22(26)21(19)17-8-3-15(4-9-17)7-12-20(25)28-2;/h3-6,8-11H,7,12-14,23H2,1-2H3;1H. The molecule has 2 aromatic carbocycles. The zero-order chi connectivity index (χ0) is 20.1. The van der Waals surface area contributed by atoms with Gasteiger partial charge < -0.3 is 20.1 Å². The molecule has 0 aromatic heterocycles. The average Bonchev–Trinajstić information content (AvgIpc) is 3.08. The Bertz CT molecular complexity index is 892. The van der Waals surface area contributed by atoms with Gasteiger partial charge in [-0.25, -0.2) is 0 Å². The Morgan fingerprint density at radius 3 is 2.21 bits per heavy atom. The van der Waals surface area contributed by atoms with E-state index in [1.54, 1.807) is 12.0 Å². The summed E-state index contributed by atoms with van der Waals surface area (Å²) in [6.45, 7) is 0.847. The SMILES string of the molecule is COC(=O)CCc1ccc(C2=C(OC)CN(c3ccc(CN)cc3)C2=O)cc1.Cl. The van der Waals surface area contributed by atoms with E-state index in [1.807, 2.05) is 48.5 Å². The minimum Gasteiger partial charge on any atom is -0.498 e. The summed E-state index contributed by atoms with van der Waals surface area (Å²) in [5.41, 5.74) is 9.83. The highest BCUT2D eigenvalue weighted by Gasteiger charge is 2.33. The summed E-state index contributed by atoms with van der Waals surface area (Å²) < 4.78 is 10.2. The van der Waals surface area contributed by atoms with Gasteiger partial charge in [0.2, 0.25) is 0 Å². The van der Waals surface area contributed by atoms with Gasteiger partial charge in [0.05, 0.1) is 26.3 Å². The highest BCUT2D eigenvalue weighted by molar-refractivity contribution is 6.29. The van der Waals surface area contributed by atoms with Crippen molar-refractivity contribution in [2.45, 2.75) is 19.4 Å². The van der Waals surface area contributed by atoms with E-state index in [2.05, 4.69) is 4.74 Å². The number of methoxy groups -OCH3 is 2. The van der Waals surface area contributed by atoms with Gasteiger partial charge in [-0.3, -0.25) is 9.59 Å². The van der Waals surface area contributed by atoms with Crippen molar-refractivity contribution in [2.75, 3.05) is 25.7 Å². The number of hydrogen-bond acceptors (Lipinski definition) is 5. The Morgan fingerprint density at radius 1 is 1.03 bits per heavy atom. The number of hydrogen-bond donors (Lipinski definition) is 1. The van der Waals surface area contributed by atoms with Gasteiger partial charge in [-0.1, -0.05) is 36.4 Å². The van der Waals surface area contributed by atoms with Gasteiger partial charge in [-0.05, 0) is 35.2 Å². The van der Waals surface area contributed by atoms with Crippen LogP contribution in [0.5, 0.6) is 0 Å². The molecular weight excluding hydrogens is 392 g/mol. The van der Waals surface area contributed by atoms with Crippen LogP contribution in [0, 0.1) is 0 Å². The fourth-order valence-electron chi connectivity index (χ4n) is 3.21. The normalized spacial score (nSPS) is 13.3. The molecule has 0 fully saturated rings. The van der Waals surface area contributed by atoms with E-state index in [1.165, 1.54) is 7.11 Å². The predicted octanol–water partition coefficient (Wildman–Crippen LogP) is 3.08. The summed E-state index contributed by atoms with van der Waals surface area (Å²) in [6, 6.07) is 15.2. The summed E-state index contributed by atoms with van der Waals surface area (Å²) in [4.78, 5) is 26.1. The molecule has 1 amide bonds. The molecule has 1 aliphatic rings. The molecule has 0 unspecified atom stereocenters. The fraction of sp³-hybridized carbons (Fsp3) is 0.273. The third-order valence-corrected chi connectivity index (χ3v) is 4.86. The first-order valence-electron chi connectivity index (χ1n) is 9.11. The monoisotopic (exact) mass is 416 g/mol. The maximum absolute atomic E-state index is 13.1. The summed E-state index contributed by atoms with van der Waals surface area (Å²) in [5, 5.41) is 0. The lowest BCUT2D eigenvalue weighted by Gasteiger charge is -2.17. The summed E-state index contributed by atoms with van der Waals surface area (Å²) >= 11 is 0. The van der Waals surface area contributed by atoms with Crippen LogP contribution in [0.1, 0.15) is 23.1 Å². The quantitative estimate of drug-likeness (QED) is 0.701. The molecular formula is C22H25ClN2O4. The number of aryl methyl sites for hydroxylation is 1. The van der Waals surface area contributed by atoms with E-state index in [4.69, 9.17) is 10.5 Å². The molecule has 0 aliphatic carbocycles. The maximum atomic E-state index is 13.1. The van der Waals surface area contributed by atoms with Crippen molar-refractivity contribution in [3.05, 3.63) is 71.0 Å². The zero-order valence-electron chi connectivity index (χ0n) is 16.5. The molecule has 2 N–H and O–H groups in total. The lowest BCUT2D eigenvalue weighted by molar-refractivity contribution is -0.140. The number of halogens is 1. The van der Waals surface area contributed by atoms with Gasteiger partial charge in [0.1, 0.15) is 5.76 Å². The zero-order valence-corrected chi connectivity index (χ0v) is 17.3. The Kier molecular flexibility index (Phi) is 7.82. The Morgan fingerprint density at radius 2 is 1.66 bits per heavy atom. The number of nitrogens with zero attached hydrogens (tertiary/aromatic N) is 1. The lowest BCUT2D eigenvalue weighted by Crippen LogP contribution is -2.26. The van der Waals surface area contributed by atoms with Crippen LogP contribution in [-0.4, -0.2) is 32.6 Å². The number of carbonyl (C=O) groups excluding carboxylic acids is 2. The first kappa shape index (κ1) is 22.5. The molecule has 0 radical (unpaired) electrons. The number of rotatable bonds is 7. The topological polar surface area (TPSA) is 81.9 Å². The first-order valence-corrected chi connectivity index (χ1v) is 9.11. The van der Waals surface area contributed by atoms with E-state index in [0.29, 0.717) is 37.3 Å². The van der Waals surface area contributed by atoms with Crippen molar-refractivity contribution >= 4 is 35.5 Å². The molecule has 0 saturated carbocycles. The van der Waals surface area contributed by atoms with Crippen LogP contribution >= 0.6 is 12.4 Å². The third-order valence-electron chi connectivity index (χ3n) is 4.86. The van der Waals surface area contributed by atoms with E-state index in [-0.39, 0.29) is 24.3 Å². The maximum Gasteiger partial charge on any atom is 0.305 e. The van der Waals surface area contributed by atoms with Crippen LogP contribution in [0.15, 0.2) is 54.3 Å². The van der Waals surface area contributed by atoms with Gasteiger partial charge >= 0.3 is 5.97 Å². The Hall–Kier alpha value is -2.83. The van der Waals surface area contributed by atoms with Gasteiger partial charge in [0.25, 0.3) is 5.91 Å². The van der Waals surface area contributed by atoms with E-state index >= 15 is 0 Å². The van der Waals surface area contributed by atoms with Gasteiger partial charge in [-0.15, -0.1) is 12.4 Å². The number of esters is 1. The number of ether oxygens (including phenoxy) is 2. The molecule has 0 atom stereocenters. The smallest absolute Gasteiger partial charge is 0.305 e. The third kappa shape index (κ3) is 4.96. The minimum absolute atomic E-state index is 0. The number of carbonyl (C=O) groups is 2. The molecule has 0 bridgehead atoms. The van der Waals surface area contributed by atoms with Crippen LogP contribution in [0.3, 0.4) is 0 Å². The number of anilines is 1. The predicted molar refractivity (Wildman–Crippen MR) is 115 cm³/mol. The fourth-order valence-corrected chi connectivity index (χ4v) is 3.21. The van der Waals surface area contributed by atoms with Gasteiger partial charge in [0.15, 0.2) is 0 Å². The molecule has 3 rings (SSSR count). The summed E-state index contributed by atoms with van der Waals surface area (Å²) in [5.74, 6) is 0.297. The Labute approximate surface area is 176 Å². The number of amides is 1. The van der Waals surface area contributed by atoms with Crippen LogP contribution in [0.25, 0.3) is 5.57 Å². The highest BCUT2D eigenvalue weighted by Crippen LogP contribution is 2.32. The van der Waals surface area contributed by atoms with Crippen molar-refractivity contribution in [3.63, 3.8) is 0 Å². The lowest BCUT2D eigenvalue weighted by atomic mass is 10.0. The van der Waals surface area contributed by atoms with Crippen molar-refractivity contribution in [1.29, 1.82) is 0 Å².